The molecule has 1 aliphatic carbocycles. The number of sulfonamides is 1. The van der Waals surface area contributed by atoms with Crippen LogP contribution in [-0.4, -0.2) is 44.9 Å². The van der Waals surface area contributed by atoms with Gasteiger partial charge in [0.25, 0.3) is 0 Å². The van der Waals surface area contributed by atoms with Gasteiger partial charge in [-0.15, -0.1) is 0 Å². The van der Waals surface area contributed by atoms with Gasteiger partial charge in [0.2, 0.25) is 10.0 Å². The Bertz CT molecular complexity index is 1360. The molecule has 7 nitrogen and oxygen atoms in total. The summed E-state index contributed by atoms with van der Waals surface area (Å²) >= 11 is 0. The molecule has 37 heavy (non-hydrogen) atoms. The van der Waals surface area contributed by atoms with E-state index >= 15 is 0 Å². The van der Waals surface area contributed by atoms with E-state index in [0.717, 1.165) is 23.3 Å². The molecule has 4 rings (SSSR count). The number of nitrogens with one attached hydrogen (secondary N) is 2. The van der Waals surface area contributed by atoms with E-state index in [1.807, 2.05) is 0 Å². The molecule has 2 atom stereocenters. The van der Waals surface area contributed by atoms with E-state index in [0.29, 0.717) is 24.9 Å². The summed E-state index contributed by atoms with van der Waals surface area (Å²) < 4.78 is 88.4. The van der Waals surface area contributed by atoms with Crippen LogP contribution in [0.15, 0.2) is 53.7 Å². The molecule has 3 aromatic rings. The predicted molar refractivity (Wildman–Crippen MR) is 129 cm³/mol. The molecule has 0 radical (unpaired) electrons. The van der Waals surface area contributed by atoms with Crippen molar-refractivity contribution >= 4 is 10.0 Å². The minimum atomic E-state index is -4.43. The molecule has 0 spiro atoms. The number of hydrogen-bond donors (Lipinski definition) is 2. The van der Waals surface area contributed by atoms with Crippen molar-refractivity contribution in [2.24, 2.45) is 13.0 Å². The Morgan fingerprint density at radius 2 is 2.00 bits per heavy atom. The molecule has 0 aliphatic heterocycles. The molecular formula is C25H28F4N4O3S. The van der Waals surface area contributed by atoms with E-state index in [4.69, 9.17) is 4.74 Å². The van der Waals surface area contributed by atoms with Crippen LogP contribution in [0.1, 0.15) is 28.2 Å². The van der Waals surface area contributed by atoms with Crippen molar-refractivity contribution in [2.45, 2.75) is 29.8 Å². The lowest BCUT2D eigenvalue weighted by Gasteiger charge is -2.21. The SMILES string of the molecule is CNCC1Cc2cc(F)c(OCCNS(=O)(=O)c3cnn(C)c3)cc2C1Cc1cccc(C(F)(F)F)c1. The van der Waals surface area contributed by atoms with Crippen molar-refractivity contribution in [1.82, 2.24) is 19.8 Å². The largest absolute Gasteiger partial charge is 0.489 e. The van der Waals surface area contributed by atoms with Gasteiger partial charge in [0.1, 0.15) is 11.5 Å². The molecule has 0 saturated heterocycles. The molecule has 0 saturated carbocycles. The maximum absolute atomic E-state index is 14.8. The van der Waals surface area contributed by atoms with Crippen LogP contribution in [0.4, 0.5) is 17.6 Å². The third-order valence-corrected chi connectivity index (χ3v) is 7.88. The minimum absolute atomic E-state index is 0.00622. The Balaban J connectivity index is 1.49. The van der Waals surface area contributed by atoms with Crippen LogP contribution >= 0.6 is 0 Å². The van der Waals surface area contributed by atoms with Gasteiger partial charge < -0.3 is 10.1 Å². The lowest BCUT2D eigenvalue weighted by molar-refractivity contribution is -0.137. The number of ether oxygens (including phenoxy) is 1. The van der Waals surface area contributed by atoms with Crippen LogP contribution in [0, 0.1) is 11.7 Å². The molecule has 1 heterocycles. The highest BCUT2D eigenvalue weighted by Gasteiger charge is 2.35. The molecule has 0 bridgehead atoms. The van der Waals surface area contributed by atoms with E-state index in [1.165, 1.54) is 29.2 Å². The Kier molecular flexibility index (Phi) is 7.91. The fraction of sp³-hybridized carbons (Fsp3) is 0.400. The van der Waals surface area contributed by atoms with E-state index in [1.54, 1.807) is 26.2 Å². The van der Waals surface area contributed by atoms with Crippen LogP contribution in [0.2, 0.25) is 0 Å². The second-order valence-electron chi connectivity index (χ2n) is 9.11. The maximum atomic E-state index is 14.8. The molecule has 1 aromatic heterocycles. The van der Waals surface area contributed by atoms with Crippen LogP contribution < -0.4 is 14.8 Å². The first-order valence-corrected chi connectivity index (χ1v) is 13.2. The van der Waals surface area contributed by atoms with Crippen LogP contribution in [0.3, 0.4) is 0 Å². The lowest BCUT2D eigenvalue weighted by Crippen LogP contribution is -2.28. The fourth-order valence-corrected chi connectivity index (χ4v) is 5.76. The Labute approximate surface area is 212 Å². The summed E-state index contributed by atoms with van der Waals surface area (Å²) in [5, 5.41) is 6.95. The first kappa shape index (κ1) is 27.1. The summed E-state index contributed by atoms with van der Waals surface area (Å²) in [6, 6.07) is 8.25. The van der Waals surface area contributed by atoms with E-state index in [2.05, 4.69) is 15.1 Å². The monoisotopic (exact) mass is 540 g/mol. The van der Waals surface area contributed by atoms with Gasteiger partial charge in [-0.05, 0) is 73.2 Å². The summed E-state index contributed by atoms with van der Waals surface area (Å²) in [5.41, 5.74) is 1.46. The average molecular weight is 541 g/mol. The van der Waals surface area contributed by atoms with E-state index < -0.39 is 27.6 Å². The molecule has 2 N–H and O–H groups in total. The van der Waals surface area contributed by atoms with Crippen molar-refractivity contribution < 1.29 is 30.7 Å². The topological polar surface area (TPSA) is 85.2 Å². The van der Waals surface area contributed by atoms with Crippen molar-refractivity contribution in [1.29, 1.82) is 0 Å². The van der Waals surface area contributed by atoms with E-state index in [-0.39, 0.29) is 35.6 Å². The number of alkyl halides is 3. The third kappa shape index (κ3) is 6.31. The van der Waals surface area contributed by atoms with Gasteiger partial charge in [-0.3, -0.25) is 4.68 Å². The van der Waals surface area contributed by atoms with Gasteiger partial charge in [-0.2, -0.15) is 18.3 Å². The minimum Gasteiger partial charge on any atom is -0.489 e. The summed E-state index contributed by atoms with van der Waals surface area (Å²) in [6.45, 7) is 0.406. The van der Waals surface area contributed by atoms with Gasteiger partial charge in [-0.25, -0.2) is 17.5 Å². The van der Waals surface area contributed by atoms with Crippen LogP contribution in [0.5, 0.6) is 5.75 Å². The molecule has 2 unspecified atom stereocenters. The van der Waals surface area contributed by atoms with Crippen molar-refractivity contribution in [3.05, 3.63) is 76.9 Å². The highest BCUT2D eigenvalue weighted by molar-refractivity contribution is 7.89. The number of rotatable bonds is 10. The molecule has 1 aliphatic rings. The summed E-state index contributed by atoms with van der Waals surface area (Å²) in [7, 11) is -0.384. The van der Waals surface area contributed by atoms with Gasteiger partial charge >= 0.3 is 6.18 Å². The summed E-state index contributed by atoms with van der Waals surface area (Å²) in [4.78, 5) is 0.00622. The molecule has 2 aromatic carbocycles. The number of aryl methyl sites for hydroxylation is 1. The number of benzene rings is 2. The van der Waals surface area contributed by atoms with Crippen molar-refractivity contribution in [3.63, 3.8) is 0 Å². The standard InChI is InChI=1S/C25H28F4N4O3S/c1-30-13-18-10-17-11-23(26)24(36-7-6-32-37(34,35)20-14-31-33(2)15-20)12-22(17)21(18)9-16-4-3-5-19(8-16)25(27,28)29/h3-5,8,11-12,14-15,18,21,30,32H,6-7,9-10,13H2,1-2H3. The quantitative estimate of drug-likeness (QED) is 0.303. The Hall–Kier alpha value is -2.96. The summed E-state index contributed by atoms with van der Waals surface area (Å²) in [6.07, 6.45) is -0.914. The van der Waals surface area contributed by atoms with E-state index in [9.17, 15) is 26.0 Å². The Morgan fingerprint density at radius 3 is 2.68 bits per heavy atom. The van der Waals surface area contributed by atoms with Gasteiger partial charge in [0.05, 0.1) is 11.8 Å². The summed E-state index contributed by atoms with van der Waals surface area (Å²) in [5.74, 6) is -0.677. The predicted octanol–water partition coefficient (Wildman–Crippen LogP) is 3.65. The number of fused-ring (bicyclic) bond motifs is 1. The molecule has 200 valence electrons. The smallest absolute Gasteiger partial charge is 0.416 e. The van der Waals surface area contributed by atoms with Gasteiger partial charge in [0, 0.05) is 19.8 Å². The van der Waals surface area contributed by atoms with Crippen molar-refractivity contribution in [3.8, 4) is 5.75 Å². The van der Waals surface area contributed by atoms with Gasteiger partial charge in [0.15, 0.2) is 11.6 Å². The number of nitrogens with zero attached hydrogens (tertiary/aromatic N) is 2. The highest BCUT2D eigenvalue weighted by atomic mass is 32.2. The first-order valence-electron chi connectivity index (χ1n) is 11.7. The van der Waals surface area contributed by atoms with Crippen LogP contribution in [0.25, 0.3) is 0 Å². The normalized spacial score (nSPS) is 17.7. The average Bonchev–Trinajstić information content (AvgIpc) is 3.41. The maximum Gasteiger partial charge on any atom is 0.416 e. The van der Waals surface area contributed by atoms with Crippen LogP contribution in [-0.2, 0) is 36.1 Å². The highest BCUT2D eigenvalue weighted by Crippen LogP contribution is 2.43. The fourth-order valence-electron chi connectivity index (χ4n) is 4.76. The number of hydrogen-bond acceptors (Lipinski definition) is 5. The zero-order chi connectivity index (χ0) is 26.8. The number of aromatic nitrogens is 2. The lowest BCUT2D eigenvalue weighted by atomic mass is 9.86. The second-order valence-corrected chi connectivity index (χ2v) is 10.9. The molecule has 12 heteroatoms. The molecule has 0 amide bonds. The number of halogens is 4. The zero-order valence-electron chi connectivity index (χ0n) is 20.3. The molecule has 0 fully saturated rings. The Morgan fingerprint density at radius 1 is 1.22 bits per heavy atom. The van der Waals surface area contributed by atoms with Gasteiger partial charge in [-0.1, -0.05) is 18.2 Å². The second kappa shape index (κ2) is 10.8. The third-order valence-electron chi connectivity index (χ3n) is 6.46. The molecular weight excluding hydrogens is 512 g/mol. The van der Waals surface area contributed by atoms with Crippen molar-refractivity contribution in [2.75, 3.05) is 26.7 Å². The first-order chi connectivity index (χ1) is 17.5. The zero-order valence-corrected chi connectivity index (χ0v) is 21.2.